The molecule has 0 aliphatic carbocycles. The number of hydrogen-bond donors (Lipinski definition) is 1. The van der Waals surface area contributed by atoms with Gasteiger partial charge in [0.05, 0.1) is 13.7 Å². The molecule has 2 rings (SSSR count). The first kappa shape index (κ1) is 21.5. The summed E-state index contributed by atoms with van der Waals surface area (Å²) in [5.41, 5.74) is 3.86. The number of ether oxygens (including phenoxy) is 2. The van der Waals surface area contributed by atoms with Gasteiger partial charge in [-0.1, -0.05) is 44.4 Å². The van der Waals surface area contributed by atoms with Crippen LogP contribution in [0.3, 0.4) is 0 Å². The maximum absolute atomic E-state index is 12.2. The van der Waals surface area contributed by atoms with Crippen molar-refractivity contribution in [3.63, 3.8) is 0 Å². The van der Waals surface area contributed by atoms with Crippen LogP contribution in [0.4, 0.5) is 5.69 Å². The number of carbonyl (C=O) groups is 1. The van der Waals surface area contributed by atoms with Crippen molar-refractivity contribution in [1.82, 2.24) is 0 Å². The Morgan fingerprint density at radius 2 is 1.86 bits per heavy atom. The summed E-state index contributed by atoms with van der Waals surface area (Å²) >= 11 is 0. The third kappa shape index (κ3) is 6.76. The van der Waals surface area contributed by atoms with Crippen LogP contribution >= 0.6 is 0 Å². The van der Waals surface area contributed by atoms with Gasteiger partial charge in [0.25, 0.3) is 0 Å². The standard InChI is InChI=1S/C24H31NO3/c1-5-6-7-8-15-28-22-13-11-20(17-23(22)27-4)12-14-24(26)25-21-16-18(2)9-10-19(21)3/h9-14,16-17H,5-8,15H2,1-4H3,(H,25,26)/b14-12+. The molecule has 2 aromatic rings. The van der Waals surface area contributed by atoms with Gasteiger partial charge >= 0.3 is 0 Å². The van der Waals surface area contributed by atoms with E-state index in [-0.39, 0.29) is 5.91 Å². The zero-order chi connectivity index (χ0) is 20.4. The van der Waals surface area contributed by atoms with Gasteiger partial charge < -0.3 is 14.8 Å². The molecule has 0 spiro atoms. The highest BCUT2D eigenvalue weighted by molar-refractivity contribution is 6.02. The Morgan fingerprint density at radius 3 is 2.61 bits per heavy atom. The molecule has 4 nitrogen and oxygen atoms in total. The van der Waals surface area contributed by atoms with E-state index >= 15 is 0 Å². The number of amides is 1. The molecule has 150 valence electrons. The van der Waals surface area contributed by atoms with E-state index in [1.165, 1.54) is 25.3 Å². The zero-order valence-electron chi connectivity index (χ0n) is 17.4. The minimum absolute atomic E-state index is 0.163. The van der Waals surface area contributed by atoms with Crippen molar-refractivity contribution in [3.8, 4) is 11.5 Å². The van der Waals surface area contributed by atoms with Crippen molar-refractivity contribution in [3.05, 3.63) is 59.2 Å². The van der Waals surface area contributed by atoms with Crippen LogP contribution in [0.2, 0.25) is 0 Å². The number of nitrogens with one attached hydrogen (secondary N) is 1. The van der Waals surface area contributed by atoms with E-state index in [2.05, 4.69) is 12.2 Å². The predicted octanol–water partition coefficient (Wildman–Crippen LogP) is 5.92. The Morgan fingerprint density at radius 1 is 1.04 bits per heavy atom. The van der Waals surface area contributed by atoms with Gasteiger partial charge in [0.1, 0.15) is 0 Å². The summed E-state index contributed by atoms with van der Waals surface area (Å²) in [5.74, 6) is 1.24. The number of hydrogen-bond acceptors (Lipinski definition) is 3. The van der Waals surface area contributed by atoms with Gasteiger partial charge in [0, 0.05) is 11.8 Å². The van der Waals surface area contributed by atoms with E-state index in [1.54, 1.807) is 13.2 Å². The minimum Gasteiger partial charge on any atom is -0.493 e. The molecule has 4 heteroatoms. The highest BCUT2D eigenvalue weighted by Crippen LogP contribution is 2.29. The van der Waals surface area contributed by atoms with Crippen LogP contribution in [0, 0.1) is 13.8 Å². The lowest BCUT2D eigenvalue weighted by Crippen LogP contribution is -2.09. The average Bonchev–Trinajstić information content (AvgIpc) is 2.69. The number of aryl methyl sites for hydroxylation is 2. The van der Waals surface area contributed by atoms with E-state index in [9.17, 15) is 4.79 Å². The molecule has 0 radical (unpaired) electrons. The van der Waals surface area contributed by atoms with Crippen LogP contribution in [-0.2, 0) is 4.79 Å². The van der Waals surface area contributed by atoms with Gasteiger partial charge in [-0.15, -0.1) is 0 Å². The molecule has 0 atom stereocenters. The highest BCUT2D eigenvalue weighted by Gasteiger charge is 2.06. The Balaban J connectivity index is 1.97. The second kappa shape index (κ2) is 11.2. The fourth-order valence-electron chi connectivity index (χ4n) is 2.83. The van der Waals surface area contributed by atoms with Crippen LogP contribution < -0.4 is 14.8 Å². The molecule has 0 saturated heterocycles. The smallest absolute Gasteiger partial charge is 0.248 e. The Hall–Kier alpha value is -2.75. The summed E-state index contributed by atoms with van der Waals surface area (Å²) in [6.07, 6.45) is 7.96. The Bertz CT molecular complexity index is 811. The summed E-state index contributed by atoms with van der Waals surface area (Å²) in [6, 6.07) is 11.7. The predicted molar refractivity (Wildman–Crippen MR) is 116 cm³/mol. The number of rotatable bonds is 10. The van der Waals surface area contributed by atoms with Gasteiger partial charge in [-0.2, -0.15) is 0 Å². The second-order valence-electron chi connectivity index (χ2n) is 6.96. The summed E-state index contributed by atoms with van der Waals surface area (Å²) < 4.78 is 11.3. The lowest BCUT2D eigenvalue weighted by molar-refractivity contribution is -0.111. The van der Waals surface area contributed by atoms with Crippen molar-refractivity contribution in [1.29, 1.82) is 0 Å². The van der Waals surface area contributed by atoms with Gasteiger partial charge in [0.15, 0.2) is 11.5 Å². The maximum Gasteiger partial charge on any atom is 0.248 e. The van der Waals surface area contributed by atoms with Crippen molar-refractivity contribution in [2.75, 3.05) is 19.0 Å². The molecule has 0 aliphatic rings. The summed E-state index contributed by atoms with van der Waals surface area (Å²) in [4.78, 5) is 12.2. The Labute approximate surface area is 168 Å². The number of carbonyl (C=O) groups excluding carboxylic acids is 1. The minimum atomic E-state index is -0.163. The molecule has 2 aromatic carbocycles. The highest BCUT2D eigenvalue weighted by atomic mass is 16.5. The molecule has 0 bridgehead atoms. The Kier molecular flexibility index (Phi) is 8.60. The summed E-state index contributed by atoms with van der Waals surface area (Å²) in [5, 5.41) is 2.92. The molecule has 1 amide bonds. The number of anilines is 1. The molecule has 0 fully saturated rings. The van der Waals surface area contributed by atoms with Gasteiger partial charge in [-0.25, -0.2) is 0 Å². The molecular formula is C24H31NO3. The molecule has 0 heterocycles. The summed E-state index contributed by atoms with van der Waals surface area (Å²) in [6.45, 7) is 6.86. The largest absolute Gasteiger partial charge is 0.493 e. The summed E-state index contributed by atoms with van der Waals surface area (Å²) in [7, 11) is 1.62. The van der Waals surface area contributed by atoms with Crippen molar-refractivity contribution in [2.45, 2.75) is 46.5 Å². The van der Waals surface area contributed by atoms with Gasteiger partial charge in [-0.05, 0) is 61.2 Å². The van der Waals surface area contributed by atoms with E-state index in [0.29, 0.717) is 12.4 Å². The number of benzene rings is 2. The SMILES string of the molecule is CCCCCCOc1ccc(/C=C/C(=O)Nc2cc(C)ccc2C)cc1OC. The van der Waals surface area contributed by atoms with Crippen molar-refractivity contribution < 1.29 is 14.3 Å². The van der Waals surface area contributed by atoms with Crippen LogP contribution in [0.1, 0.15) is 49.3 Å². The fourth-order valence-corrected chi connectivity index (χ4v) is 2.83. The van der Waals surface area contributed by atoms with Crippen molar-refractivity contribution in [2.24, 2.45) is 0 Å². The fraction of sp³-hybridized carbons (Fsp3) is 0.375. The number of unbranched alkanes of at least 4 members (excludes halogenated alkanes) is 3. The molecule has 1 N–H and O–H groups in total. The zero-order valence-corrected chi connectivity index (χ0v) is 17.4. The first-order chi connectivity index (χ1) is 13.5. The first-order valence-electron chi connectivity index (χ1n) is 9.90. The third-order valence-corrected chi connectivity index (χ3v) is 4.52. The van der Waals surface area contributed by atoms with E-state index in [1.807, 2.05) is 50.2 Å². The van der Waals surface area contributed by atoms with Crippen LogP contribution in [-0.4, -0.2) is 19.6 Å². The monoisotopic (exact) mass is 381 g/mol. The van der Waals surface area contributed by atoms with E-state index in [0.717, 1.165) is 34.5 Å². The lowest BCUT2D eigenvalue weighted by atomic mass is 10.1. The topological polar surface area (TPSA) is 47.6 Å². The lowest BCUT2D eigenvalue weighted by Gasteiger charge is -2.11. The quantitative estimate of drug-likeness (QED) is 0.410. The molecule has 28 heavy (non-hydrogen) atoms. The normalized spacial score (nSPS) is 10.9. The average molecular weight is 382 g/mol. The van der Waals surface area contributed by atoms with E-state index in [4.69, 9.17) is 9.47 Å². The van der Waals surface area contributed by atoms with Gasteiger partial charge in [0.2, 0.25) is 5.91 Å². The van der Waals surface area contributed by atoms with Crippen LogP contribution in [0.5, 0.6) is 11.5 Å². The second-order valence-corrected chi connectivity index (χ2v) is 6.96. The first-order valence-corrected chi connectivity index (χ1v) is 9.90. The molecule has 0 aromatic heterocycles. The van der Waals surface area contributed by atoms with Crippen molar-refractivity contribution >= 4 is 17.7 Å². The molecule has 0 aliphatic heterocycles. The number of methoxy groups -OCH3 is 1. The van der Waals surface area contributed by atoms with Crippen LogP contribution in [0.25, 0.3) is 6.08 Å². The molecule has 0 saturated carbocycles. The molecule has 0 unspecified atom stereocenters. The molecular weight excluding hydrogens is 350 g/mol. The maximum atomic E-state index is 12.2. The van der Waals surface area contributed by atoms with Crippen LogP contribution in [0.15, 0.2) is 42.5 Å². The van der Waals surface area contributed by atoms with E-state index < -0.39 is 0 Å². The van der Waals surface area contributed by atoms with Gasteiger partial charge in [-0.3, -0.25) is 4.79 Å². The third-order valence-electron chi connectivity index (χ3n) is 4.52.